The summed E-state index contributed by atoms with van der Waals surface area (Å²) in [4.78, 5) is 32.9. The summed E-state index contributed by atoms with van der Waals surface area (Å²) in [6.45, 7) is 0. The van der Waals surface area contributed by atoms with Crippen molar-refractivity contribution in [2.75, 3.05) is 0 Å². The second kappa shape index (κ2) is 4.16. The van der Waals surface area contributed by atoms with E-state index < -0.39 is 10.9 Å². The van der Waals surface area contributed by atoms with Crippen molar-refractivity contribution in [3.63, 3.8) is 0 Å². The standard InChI is InChI=1S/C13H10N2O5/c16-6-10-9-5-8(15(19)20)3-4-11(9)14(7-1-2-7)12(10)13(17)18/h3-7H,1-2H2,(H,17,18). The third kappa shape index (κ3) is 1.67. The molecule has 1 heterocycles. The molecule has 0 unspecified atom stereocenters. The van der Waals surface area contributed by atoms with Crippen molar-refractivity contribution in [2.45, 2.75) is 18.9 Å². The molecule has 0 atom stereocenters. The number of non-ortho nitro benzene ring substituents is 1. The van der Waals surface area contributed by atoms with E-state index in [2.05, 4.69) is 0 Å². The molecule has 0 radical (unpaired) electrons. The number of carboxylic acid groups (broad SMARTS) is 1. The zero-order valence-electron chi connectivity index (χ0n) is 10.3. The predicted octanol–water partition coefficient (Wildman–Crippen LogP) is 2.40. The van der Waals surface area contributed by atoms with E-state index in [1.807, 2.05) is 0 Å². The van der Waals surface area contributed by atoms with Gasteiger partial charge in [-0.3, -0.25) is 14.9 Å². The molecule has 0 bridgehead atoms. The van der Waals surface area contributed by atoms with Gasteiger partial charge in [0.15, 0.2) is 6.29 Å². The summed E-state index contributed by atoms with van der Waals surface area (Å²) in [5.74, 6) is -1.20. The van der Waals surface area contributed by atoms with Crippen LogP contribution in [0.15, 0.2) is 18.2 Å². The molecule has 7 heteroatoms. The number of nitro benzene ring substituents is 1. The molecule has 1 aliphatic carbocycles. The molecule has 1 fully saturated rings. The molecular weight excluding hydrogens is 264 g/mol. The number of benzene rings is 1. The lowest BCUT2D eigenvalue weighted by Crippen LogP contribution is -2.09. The number of carbonyl (C=O) groups excluding carboxylic acids is 1. The highest BCUT2D eigenvalue weighted by molar-refractivity contribution is 6.08. The number of rotatable bonds is 4. The normalized spacial score (nSPS) is 14.4. The van der Waals surface area contributed by atoms with Gasteiger partial charge < -0.3 is 9.67 Å². The summed E-state index contributed by atoms with van der Waals surface area (Å²) >= 11 is 0. The lowest BCUT2D eigenvalue weighted by Gasteiger charge is -2.05. The van der Waals surface area contributed by atoms with E-state index in [-0.39, 0.29) is 23.0 Å². The van der Waals surface area contributed by atoms with Gasteiger partial charge in [0.25, 0.3) is 5.69 Å². The van der Waals surface area contributed by atoms with Crippen LogP contribution in [0.4, 0.5) is 5.69 Å². The van der Waals surface area contributed by atoms with Crippen LogP contribution in [0.3, 0.4) is 0 Å². The lowest BCUT2D eigenvalue weighted by atomic mass is 10.1. The van der Waals surface area contributed by atoms with E-state index in [0.717, 1.165) is 12.8 Å². The Labute approximate surface area is 112 Å². The number of hydrogen-bond donors (Lipinski definition) is 1. The number of carboxylic acids is 1. The molecule has 1 saturated carbocycles. The maximum atomic E-state index is 11.4. The van der Waals surface area contributed by atoms with Crippen LogP contribution >= 0.6 is 0 Å². The zero-order valence-corrected chi connectivity index (χ0v) is 10.3. The Morgan fingerprint density at radius 1 is 1.45 bits per heavy atom. The molecule has 0 amide bonds. The summed E-state index contributed by atoms with van der Waals surface area (Å²) in [6.07, 6.45) is 2.15. The first kappa shape index (κ1) is 12.3. The number of nitro groups is 1. The van der Waals surface area contributed by atoms with Gasteiger partial charge in [-0.15, -0.1) is 0 Å². The van der Waals surface area contributed by atoms with Crippen LogP contribution in [-0.2, 0) is 0 Å². The average Bonchev–Trinajstić information content (AvgIpc) is 3.18. The fourth-order valence-corrected chi connectivity index (χ4v) is 2.49. The Kier molecular flexibility index (Phi) is 2.56. The summed E-state index contributed by atoms with van der Waals surface area (Å²) in [5, 5.41) is 20.4. The van der Waals surface area contributed by atoms with Crippen molar-refractivity contribution in [2.24, 2.45) is 0 Å². The minimum atomic E-state index is -1.20. The zero-order chi connectivity index (χ0) is 14.4. The Balaban J connectivity index is 2.40. The fourth-order valence-electron chi connectivity index (χ4n) is 2.49. The summed E-state index contributed by atoms with van der Waals surface area (Å²) in [7, 11) is 0. The number of aromatic carboxylic acids is 1. The van der Waals surface area contributed by atoms with Gasteiger partial charge in [-0.05, 0) is 18.9 Å². The first-order chi connectivity index (χ1) is 9.54. The molecule has 20 heavy (non-hydrogen) atoms. The van der Waals surface area contributed by atoms with Gasteiger partial charge in [-0.2, -0.15) is 0 Å². The number of nitrogens with zero attached hydrogens (tertiary/aromatic N) is 2. The summed E-state index contributed by atoms with van der Waals surface area (Å²) < 4.78 is 1.60. The molecule has 3 rings (SSSR count). The highest BCUT2D eigenvalue weighted by atomic mass is 16.6. The Morgan fingerprint density at radius 2 is 2.15 bits per heavy atom. The van der Waals surface area contributed by atoms with Gasteiger partial charge in [0, 0.05) is 23.6 Å². The van der Waals surface area contributed by atoms with Crippen LogP contribution < -0.4 is 0 Å². The molecule has 7 nitrogen and oxygen atoms in total. The molecular formula is C13H10N2O5. The number of hydrogen-bond acceptors (Lipinski definition) is 4. The highest BCUT2D eigenvalue weighted by Crippen LogP contribution is 2.41. The lowest BCUT2D eigenvalue weighted by molar-refractivity contribution is -0.384. The van der Waals surface area contributed by atoms with E-state index in [9.17, 15) is 24.8 Å². The van der Waals surface area contributed by atoms with E-state index >= 15 is 0 Å². The van der Waals surface area contributed by atoms with Crippen molar-refractivity contribution in [3.8, 4) is 0 Å². The summed E-state index contributed by atoms with van der Waals surface area (Å²) in [5.41, 5.74) is 0.309. The van der Waals surface area contributed by atoms with E-state index in [1.165, 1.54) is 18.2 Å². The Bertz CT molecular complexity index is 758. The maximum absolute atomic E-state index is 11.4. The third-order valence-corrected chi connectivity index (χ3v) is 3.47. The summed E-state index contributed by atoms with van der Waals surface area (Å²) in [6, 6.07) is 4.13. The Hall–Kier alpha value is -2.70. The average molecular weight is 274 g/mol. The largest absolute Gasteiger partial charge is 0.477 e. The second-order valence-corrected chi connectivity index (χ2v) is 4.75. The van der Waals surface area contributed by atoms with Crippen LogP contribution in [0.5, 0.6) is 0 Å². The van der Waals surface area contributed by atoms with Gasteiger partial charge in [0.1, 0.15) is 5.69 Å². The van der Waals surface area contributed by atoms with Gasteiger partial charge in [-0.1, -0.05) is 0 Å². The minimum absolute atomic E-state index is 0.00287. The molecule has 0 spiro atoms. The number of aromatic nitrogens is 1. The van der Waals surface area contributed by atoms with Gasteiger partial charge in [0.05, 0.1) is 16.0 Å². The molecule has 1 aliphatic rings. The number of fused-ring (bicyclic) bond motifs is 1. The van der Waals surface area contributed by atoms with Crippen LogP contribution in [0.1, 0.15) is 39.7 Å². The first-order valence-electron chi connectivity index (χ1n) is 6.05. The van der Waals surface area contributed by atoms with Gasteiger partial charge >= 0.3 is 5.97 Å². The predicted molar refractivity (Wildman–Crippen MR) is 69.2 cm³/mol. The van der Waals surface area contributed by atoms with Crippen molar-refractivity contribution in [3.05, 3.63) is 39.6 Å². The molecule has 102 valence electrons. The molecule has 0 saturated heterocycles. The Morgan fingerprint density at radius 3 is 2.65 bits per heavy atom. The maximum Gasteiger partial charge on any atom is 0.353 e. The molecule has 2 aromatic rings. The number of aldehydes is 1. The fraction of sp³-hybridized carbons (Fsp3) is 0.231. The van der Waals surface area contributed by atoms with E-state index in [1.54, 1.807) is 4.57 Å². The van der Waals surface area contributed by atoms with Crippen LogP contribution in [0.2, 0.25) is 0 Å². The minimum Gasteiger partial charge on any atom is -0.477 e. The molecule has 1 N–H and O–H groups in total. The smallest absolute Gasteiger partial charge is 0.353 e. The van der Waals surface area contributed by atoms with Gasteiger partial charge in [0.2, 0.25) is 0 Å². The van der Waals surface area contributed by atoms with E-state index in [0.29, 0.717) is 17.2 Å². The van der Waals surface area contributed by atoms with Crippen LogP contribution in [0.25, 0.3) is 10.9 Å². The van der Waals surface area contributed by atoms with Crippen LogP contribution in [0, 0.1) is 10.1 Å². The number of carbonyl (C=O) groups is 2. The monoisotopic (exact) mass is 274 g/mol. The molecule has 0 aliphatic heterocycles. The van der Waals surface area contributed by atoms with Crippen molar-refractivity contribution < 1.29 is 19.6 Å². The third-order valence-electron chi connectivity index (χ3n) is 3.47. The van der Waals surface area contributed by atoms with E-state index in [4.69, 9.17) is 0 Å². The topological polar surface area (TPSA) is 102 Å². The van der Waals surface area contributed by atoms with Crippen LogP contribution in [-0.4, -0.2) is 26.9 Å². The molecule has 1 aromatic carbocycles. The first-order valence-corrected chi connectivity index (χ1v) is 6.05. The quantitative estimate of drug-likeness (QED) is 0.524. The second-order valence-electron chi connectivity index (χ2n) is 4.75. The SMILES string of the molecule is O=Cc1c(C(=O)O)n(C2CC2)c2ccc([N+](=O)[O-])cc12. The van der Waals surface area contributed by atoms with Crippen molar-refractivity contribution >= 4 is 28.8 Å². The molecule has 1 aromatic heterocycles. The van der Waals surface area contributed by atoms with Gasteiger partial charge in [-0.25, -0.2) is 4.79 Å². The highest BCUT2D eigenvalue weighted by Gasteiger charge is 2.32. The van der Waals surface area contributed by atoms with Crippen molar-refractivity contribution in [1.29, 1.82) is 0 Å². The van der Waals surface area contributed by atoms with Crippen molar-refractivity contribution in [1.82, 2.24) is 4.57 Å².